The molecule has 0 aliphatic carbocycles. The second kappa shape index (κ2) is 9.27. The zero-order chi connectivity index (χ0) is 24.6. The van der Waals surface area contributed by atoms with Crippen molar-refractivity contribution in [3.63, 3.8) is 0 Å². The van der Waals surface area contributed by atoms with E-state index in [1.807, 2.05) is 42.5 Å². The molecule has 2 aromatic heterocycles. The first-order chi connectivity index (χ1) is 17.6. The first-order valence-corrected chi connectivity index (χ1v) is 12.2. The van der Waals surface area contributed by atoms with Crippen LogP contribution in [0, 0.1) is 5.92 Å². The number of ether oxygens (including phenoxy) is 3. The molecule has 36 heavy (non-hydrogen) atoms. The van der Waals surface area contributed by atoms with Crippen molar-refractivity contribution in [1.82, 2.24) is 30.1 Å². The van der Waals surface area contributed by atoms with Gasteiger partial charge in [-0.15, -0.1) is 5.10 Å². The van der Waals surface area contributed by atoms with Crippen LogP contribution >= 0.6 is 0 Å². The quantitative estimate of drug-likeness (QED) is 0.441. The summed E-state index contributed by atoms with van der Waals surface area (Å²) >= 11 is 0. The molecule has 0 bridgehead atoms. The first kappa shape index (κ1) is 22.5. The molecule has 1 N–H and O–H groups in total. The number of rotatable bonds is 6. The van der Waals surface area contributed by atoms with Crippen molar-refractivity contribution in [3.05, 3.63) is 69.8 Å². The van der Waals surface area contributed by atoms with E-state index in [1.165, 1.54) is 0 Å². The summed E-state index contributed by atoms with van der Waals surface area (Å²) in [5.74, 6) is 3.39. The monoisotopic (exact) mass is 488 g/mol. The van der Waals surface area contributed by atoms with E-state index in [0.717, 1.165) is 42.6 Å². The van der Waals surface area contributed by atoms with Gasteiger partial charge in [0.2, 0.25) is 6.79 Å². The van der Waals surface area contributed by atoms with E-state index in [9.17, 15) is 4.79 Å². The maximum absolute atomic E-state index is 13.5. The largest absolute Gasteiger partial charge is 0.497 e. The topological polar surface area (TPSA) is 107 Å². The smallest absolute Gasteiger partial charge is 0.253 e. The van der Waals surface area contributed by atoms with Crippen molar-refractivity contribution in [2.75, 3.05) is 27.0 Å². The molecule has 0 unspecified atom stereocenters. The van der Waals surface area contributed by atoms with E-state index >= 15 is 0 Å². The number of fused-ring (bicyclic) bond motifs is 2. The van der Waals surface area contributed by atoms with E-state index < -0.39 is 0 Å². The van der Waals surface area contributed by atoms with Gasteiger partial charge in [0, 0.05) is 17.0 Å². The first-order valence-electron chi connectivity index (χ1n) is 12.2. The lowest BCUT2D eigenvalue weighted by atomic mass is 9.95. The van der Waals surface area contributed by atoms with Gasteiger partial charge in [0.15, 0.2) is 17.3 Å². The number of hydrogen-bond acceptors (Lipinski definition) is 8. The van der Waals surface area contributed by atoms with Crippen molar-refractivity contribution in [3.8, 4) is 17.2 Å². The van der Waals surface area contributed by atoms with Gasteiger partial charge in [0.1, 0.15) is 11.8 Å². The Morgan fingerprint density at radius 3 is 2.61 bits per heavy atom. The molecule has 186 valence electrons. The molecule has 6 rings (SSSR count). The number of likely N-dealkylation sites (tertiary alicyclic amines) is 1. The normalized spacial score (nSPS) is 16.9. The van der Waals surface area contributed by atoms with Crippen molar-refractivity contribution in [1.29, 1.82) is 0 Å². The van der Waals surface area contributed by atoms with E-state index in [-0.39, 0.29) is 18.4 Å². The summed E-state index contributed by atoms with van der Waals surface area (Å²) in [6, 6.07) is 13.1. The number of piperidine rings is 1. The minimum absolute atomic E-state index is 0.163. The Hall–Kier alpha value is -3.92. The van der Waals surface area contributed by atoms with E-state index in [2.05, 4.69) is 32.3 Å². The van der Waals surface area contributed by atoms with Crippen LogP contribution in [0.2, 0.25) is 0 Å². The van der Waals surface area contributed by atoms with Gasteiger partial charge in [-0.25, -0.2) is 4.68 Å². The molecular weight excluding hydrogens is 460 g/mol. The van der Waals surface area contributed by atoms with Gasteiger partial charge < -0.3 is 19.2 Å². The van der Waals surface area contributed by atoms with Crippen LogP contribution in [0.15, 0.2) is 47.3 Å². The van der Waals surface area contributed by atoms with Gasteiger partial charge in [-0.3, -0.25) is 9.69 Å². The molecule has 4 aromatic rings. The minimum atomic E-state index is -0.385. The van der Waals surface area contributed by atoms with Crippen molar-refractivity contribution in [2.45, 2.75) is 32.4 Å². The maximum Gasteiger partial charge on any atom is 0.253 e. The number of aromatic amines is 1. The predicted octanol–water partition coefficient (Wildman–Crippen LogP) is 3.12. The van der Waals surface area contributed by atoms with Crippen LogP contribution in [0.5, 0.6) is 17.2 Å². The van der Waals surface area contributed by atoms with Gasteiger partial charge in [-0.2, -0.15) is 0 Å². The molecule has 0 radical (unpaired) electrons. The third kappa shape index (κ3) is 4.17. The molecule has 1 atom stereocenters. The van der Waals surface area contributed by atoms with Gasteiger partial charge >= 0.3 is 0 Å². The van der Waals surface area contributed by atoms with Gasteiger partial charge in [0.05, 0.1) is 19.2 Å². The summed E-state index contributed by atoms with van der Waals surface area (Å²) in [4.78, 5) is 18.8. The number of methoxy groups -OCH3 is 1. The standard InChI is InChI=1S/C26H28N6O4/c1-16-7-9-31(10-8-16)24(25-28-29-30-32(25)14-17-3-5-19(34-2)6-4-17)20-11-18-12-22-23(36-15-35-22)13-21(18)27-26(20)33/h3-6,11-13,16,24H,7-10,14-15H2,1-2H3,(H,27,33)/t24-/m1/s1. The van der Waals surface area contributed by atoms with E-state index in [1.54, 1.807) is 11.8 Å². The SMILES string of the molecule is COc1ccc(Cn2nnnc2[C@@H](c2cc3cc4c(cc3[nH]c2=O)OCO4)N2CCC(C)CC2)cc1. The molecule has 4 heterocycles. The van der Waals surface area contributed by atoms with Crippen molar-refractivity contribution < 1.29 is 14.2 Å². The fourth-order valence-electron chi connectivity index (χ4n) is 5.03. The zero-order valence-electron chi connectivity index (χ0n) is 20.3. The maximum atomic E-state index is 13.5. The summed E-state index contributed by atoms with van der Waals surface area (Å²) in [5, 5.41) is 13.6. The van der Waals surface area contributed by atoms with E-state index in [4.69, 9.17) is 14.2 Å². The van der Waals surface area contributed by atoms with Crippen molar-refractivity contribution >= 4 is 10.9 Å². The number of tetrazole rings is 1. The third-order valence-corrected chi connectivity index (χ3v) is 7.14. The van der Waals surface area contributed by atoms with Crippen molar-refractivity contribution in [2.24, 2.45) is 5.92 Å². The summed E-state index contributed by atoms with van der Waals surface area (Å²) in [5.41, 5.74) is 2.19. The fourth-order valence-corrected chi connectivity index (χ4v) is 5.03. The Bertz CT molecular complexity index is 1440. The number of nitrogens with one attached hydrogen (secondary N) is 1. The number of hydrogen-bond donors (Lipinski definition) is 1. The predicted molar refractivity (Wildman–Crippen MR) is 132 cm³/mol. The minimum Gasteiger partial charge on any atom is -0.497 e. The number of aromatic nitrogens is 5. The molecule has 2 aromatic carbocycles. The molecule has 0 saturated carbocycles. The van der Waals surface area contributed by atoms with E-state index in [0.29, 0.717) is 40.9 Å². The van der Waals surface area contributed by atoms with Crippen LogP contribution in [-0.2, 0) is 6.54 Å². The Morgan fingerprint density at radius 1 is 1.11 bits per heavy atom. The number of benzene rings is 2. The molecule has 0 spiro atoms. The molecule has 10 nitrogen and oxygen atoms in total. The molecule has 2 aliphatic heterocycles. The molecule has 0 amide bonds. The van der Waals surface area contributed by atoms with Gasteiger partial charge in [-0.1, -0.05) is 19.1 Å². The summed E-state index contributed by atoms with van der Waals surface area (Å²) in [6.45, 7) is 4.65. The summed E-state index contributed by atoms with van der Waals surface area (Å²) < 4.78 is 18.1. The average molecular weight is 489 g/mol. The average Bonchev–Trinajstić information content (AvgIpc) is 3.54. The third-order valence-electron chi connectivity index (χ3n) is 7.14. The Kier molecular flexibility index (Phi) is 5.80. The van der Waals surface area contributed by atoms with Crippen LogP contribution in [0.3, 0.4) is 0 Å². The van der Waals surface area contributed by atoms with Crippen LogP contribution in [0.1, 0.15) is 42.8 Å². The highest BCUT2D eigenvalue weighted by Gasteiger charge is 2.32. The Labute approximate surface area is 207 Å². The molecule has 1 saturated heterocycles. The highest BCUT2D eigenvalue weighted by atomic mass is 16.7. The molecular formula is C26H28N6O4. The molecule has 10 heteroatoms. The Morgan fingerprint density at radius 2 is 1.86 bits per heavy atom. The second-order valence-corrected chi connectivity index (χ2v) is 9.51. The lowest BCUT2D eigenvalue weighted by Crippen LogP contribution is -2.40. The molecule has 2 aliphatic rings. The second-order valence-electron chi connectivity index (χ2n) is 9.51. The lowest BCUT2D eigenvalue weighted by Gasteiger charge is -2.35. The van der Waals surface area contributed by atoms with Crippen LogP contribution in [0.4, 0.5) is 0 Å². The highest BCUT2D eigenvalue weighted by molar-refractivity contribution is 5.83. The van der Waals surface area contributed by atoms with Crippen LogP contribution in [-0.4, -0.2) is 57.1 Å². The number of pyridine rings is 1. The summed E-state index contributed by atoms with van der Waals surface area (Å²) in [7, 11) is 1.65. The van der Waals surface area contributed by atoms with Gasteiger partial charge in [-0.05, 0) is 72.1 Å². The zero-order valence-corrected chi connectivity index (χ0v) is 20.3. The molecule has 1 fully saturated rings. The number of H-pyrrole nitrogens is 1. The fraction of sp³-hybridized carbons (Fsp3) is 0.385. The lowest BCUT2D eigenvalue weighted by molar-refractivity contribution is 0.149. The van der Waals surface area contributed by atoms with Crippen LogP contribution in [0.25, 0.3) is 10.9 Å². The highest BCUT2D eigenvalue weighted by Crippen LogP contribution is 2.37. The number of nitrogens with zero attached hydrogens (tertiary/aromatic N) is 5. The Balaban J connectivity index is 1.43. The van der Waals surface area contributed by atoms with Gasteiger partial charge in [0.25, 0.3) is 5.56 Å². The van der Waals surface area contributed by atoms with Crippen LogP contribution < -0.4 is 19.8 Å². The summed E-state index contributed by atoms with van der Waals surface area (Å²) in [6.07, 6.45) is 2.11.